The normalized spacial score (nSPS) is 28.4. The zero-order valence-electron chi connectivity index (χ0n) is 32.3. The number of amides is 2. The molecule has 0 saturated carbocycles. The van der Waals surface area contributed by atoms with Crippen molar-refractivity contribution >= 4 is 62.3 Å². The summed E-state index contributed by atoms with van der Waals surface area (Å²) >= 11 is 0. The van der Waals surface area contributed by atoms with Crippen molar-refractivity contribution in [1.82, 2.24) is 44.1 Å². The van der Waals surface area contributed by atoms with Gasteiger partial charge in [0, 0.05) is 23.8 Å². The van der Waals surface area contributed by atoms with Gasteiger partial charge in [0.1, 0.15) is 25.3 Å². The van der Waals surface area contributed by atoms with Gasteiger partial charge in [0.15, 0.2) is 34.4 Å². The Morgan fingerprint density at radius 2 is 1.85 bits per heavy atom. The van der Waals surface area contributed by atoms with Gasteiger partial charge < -0.3 is 33.6 Å². The molecule has 8 rings (SSSR count). The van der Waals surface area contributed by atoms with E-state index in [1.807, 2.05) is 0 Å². The third-order valence-corrected chi connectivity index (χ3v) is 12.6. The molecule has 2 amide bonds. The summed E-state index contributed by atoms with van der Waals surface area (Å²) in [5.41, 5.74) is 0.446. The number of imidazole rings is 2. The van der Waals surface area contributed by atoms with E-state index in [1.54, 1.807) is 55.7 Å². The molecule has 316 valence electrons. The van der Waals surface area contributed by atoms with Crippen molar-refractivity contribution < 1.29 is 46.6 Å². The van der Waals surface area contributed by atoms with Crippen molar-refractivity contribution in [3.05, 3.63) is 76.6 Å². The summed E-state index contributed by atoms with van der Waals surface area (Å²) in [5, 5.41) is 8.34. The zero-order valence-corrected chi connectivity index (χ0v) is 34.1. The molecule has 60 heavy (non-hydrogen) atoms. The van der Waals surface area contributed by atoms with Crippen LogP contribution in [0, 0.1) is 18.4 Å². The van der Waals surface area contributed by atoms with Gasteiger partial charge in [-0.2, -0.15) is 4.98 Å². The minimum absolute atomic E-state index is 0.0460. The molecule has 1 aromatic carbocycles. The summed E-state index contributed by atoms with van der Waals surface area (Å²) < 4.78 is 54.2. The Morgan fingerprint density at radius 1 is 1.07 bits per heavy atom. The number of aromatic amines is 1. The first kappa shape index (κ1) is 41.6. The van der Waals surface area contributed by atoms with Gasteiger partial charge in [0.25, 0.3) is 11.5 Å². The topological polar surface area (TPSA) is 274 Å². The first-order chi connectivity index (χ1) is 28.9. The highest BCUT2D eigenvalue weighted by Gasteiger charge is 2.49. The molecule has 9 atom stereocenters. The summed E-state index contributed by atoms with van der Waals surface area (Å²) in [6.45, 7) is 11.5. The lowest BCUT2D eigenvalue weighted by atomic mass is 10.0. The fourth-order valence-electron chi connectivity index (χ4n) is 6.93. The number of aromatic nitrogens is 8. The van der Waals surface area contributed by atoms with Gasteiger partial charge in [-0.3, -0.25) is 42.9 Å². The van der Waals surface area contributed by atoms with Crippen LogP contribution in [-0.4, -0.2) is 106 Å². The van der Waals surface area contributed by atoms with Gasteiger partial charge in [-0.05, 0) is 12.1 Å². The van der Waals surface area contributed by atoms with E-state index in [0.717, 1.165) is 0 Å². The second-order valence-electron chi connectivity index (χ2n) is 14.4. The van der Waals surface area contributed by atoms with Crippen LogP contribution in [0.15, 0.2) is 54.1 Å². The van der Waals surface area contributed by atoms with Crippen molar-refractivity contribution in [3.8, 4) is 0 Å². The maximum absolute atomic E-state index is 14.5. The number of hydrogen-bond donors (Lipinski definition) is 5. The number of carbonyl (C=O) groups excluding carboxylic acids is 2. The van der Waals surface area contributed by atoms with E-state index in [1.165, 1.54) is 23.5 Å². The number of nitrogens with zero attached hydrogens (tertiary/aromatic N) is 8. The van der Waals surface area contributed by atoms with Crippen molar-refractivity contribution in [3.63, 3.8) is 0 Å². The van der Waals surface area contributed by atoms with E-state index in [2.05, 4.69) is 50.5 Å². The molecule has 7 heterocycles. The summed E-state index contributed by atoms with van der Waals surface area (Å²) in [6.07, 6.45) is -0.297. The molecule has 2 bridgehead atoms. The quantitative estimate of drug-likeness (QED) is 0.0808. The number of fused-ring (bicyclic) bond motifs is 5. The summed E-state index contributed by atoms with van der Waals surface area (Å²) in [4.78, 5) is 77.2. The van der Waals surface area contributed by atoms with Gasteiger partial charge in [-0.25, -0.2) is 36.2 Å². The molecule has 0 spiro atoms. The average Bonchev–Trinajstić information content (AvgIpc) is 4.02. The van der Waals surface area contributed by atoms with Gasteiger partial charge in [-0.1, -0.05) is 39.0 Å². The fourth-order valence-corrected chi connectivity index (χ4v) is 9.33. The maximum atomic E-state index is 14.5. The predicted molar refractivity (Wildman–Crippen MR) is 211 cm³/mol. The number of ether oxygens (including phenoxy) is 2. The van der Waals surface area contributed by atoms with E-state index in [-0.39, 0.29) is 67.5 Å². The molecular formula is C35H40N12O11P2. The highest BCUT2D eigenvalue weighted by atomic mass is 31.2. The Kier molecular flexibility index (Phi) is 12.1. The highest BCUT2D eigenvalue weighted by molar-refractivity contribution is 7.51. The summed E-state index contributed by atoms with van der Waals surface area (Å²) in [6, 6.07) is 7.84. The maximum Gasteiger partial charge on any atom is 0.406 e. The smallest absolute Gasteiger partial charge is 0.351 e. The van der Waals surface area contributed by atoms with Crippen LogP contribution < -0.4 is 21.3 Å². The van der Waals surface area contributed by atoms with Crippen LogP contribution in [0.1, 0.15) is 50.0 Å². The largest absolute Gasteiger partial charge is 0.406 e. The van der Waals surface area contributed by atoms with Crippen LogP contribution in [0.5, 0.6) is 0 Å². The fraction of sp³-hybridized carbons (Fsp3) is 0.457. The van der Waals surface area contributed by atoms with Crippen molar-refractivity contribution in [1.29, 1.82) is 0 Å². The summed E-state index contributed by atoms with van der Waals surface area (Å²) in [7, 11) is -6.85. The number of H-pyrrole nitrogens is 1. The van der Waals surface area contributed by atoms with Crippen LogP contribution in [-0.2, 0) is 36.9 Å². The molecule has 3 aliphatic rings. The van der Waals surface area contributed by atoms with Crippen molar-refractivity contribution in [2.45, 2.75) is 64.0 Å². The second kappa shape index (κ2) is 17.5. The first-order valence-corrected chi connectivity index (χ1v) is 21.5. The molecule has 3 fully saturated rings. The minimum atomic E-state index is -4.23. The molecule has 0 aliphatic carbocycles. The molecule has 25 heteroatoms. The van der Waals surface area contributed by atoms with Crippen LogP contribution in [0.2, 0.25) is 0 Å². The van der Waals surface area contributed by atoms with Crippen molar-refractivity contribution in [2.24, 2.45) is 11.8 Å². The Hall–Kier alpha value is -5.11. The zero-order chi connectivity index (χ0) is 42.1. The van der Waals surface area contributed by atoms with Crippen LogP contribution in [0.3, 0.4) is 0 Å². The number of hydrogen-bond acceptors (Lipinski definition) is 16. The Morgan fingerprint density at radius 3 is 2.63 bits per heavy atom. The van der Waals surface area contributed by atoms with Crippen LogP contribution in [0.4, 0.5) is 11.8 Å². The third kappa shape index (κ3) is 8.57. The lowest BCUT2D eigenvalue weighted by Gasteiger charge is -2.27. The lowest BCUT2D eigenvalue weighted by Crippen LogP contribution is -2.38. The van der Waals surface area contributed by atoms with Crippen LogP contribution >= 0.6 is 16.3 Å². The monoisotopic (exact) mass is 866 g/mol. The Labute approximate surface area is 341 Å². The van der Waals surface area contributed by atoms with Gasteiger partial charge >= 0.3 is 16.3 Å². The third-order valence-electron chi connectivity index (χ3n) is 10.1. The first-order valence-electron chi connectivity index (χ1n) is 18.8. The standard InChI is InChI=1S/C35H40N12O11P2/c1-18(2)31(48)43-35-42-30-26(33(50)44-35)40-17-47(30)34-27-19(3)22(57-34)14-55-60(52,54-11-10-36-4)45-21-12-24(56-23(21)13-53-59(51)58-27)46-16-39-25-28(37-15-38-29(25)46)41-32(49)20-8-6-5-7-9-20/h5-9,15-19,21-24,27,34,51H,10-14H2,1-3H3,(H,45,52)(H,37,38,41,49)(H2,42,43,44,48,50). The van der Waals surface area contributed by atoms with Gasteiger partial charge in [0.2, 0.25) is 18.4 Å². The Balaban J connectivity index is 1.06. The van der Waals surface area contributed by atoms with E-state index >= 15 is 0 Å². The minimum Gasteiger partial charge on any atom is -0.351 e. The number of anilines is 2. The molecule has 23 nitrogen and oxygen atoms in total. The Bertz CT molecular complexity index is 2530. The molecule has 9 unspecified atom stereocenters. The summed E-state index contributed by atoms with van der Waals surface area (Å²) in [5.74, 6) is -1.64. The molecular weight excluding hydrogens is 826 g/mol. The van der Waals surface area contributed by atoms with E-state index in [0.29, 0.717) is 16.7 Å². The SMILES string of the molecule is [C-]#[N+]CCOP1(=O)NC2CC(n3cnc4c(NC(=O)c5ccccc5)ncnc43)OC2COP(O)OC2C(C)C(CO1)OC2n1cnc2c(=O)[nH]c(NC(=O)C(C)C)nc21. The van der Waals surface area contributed by atoms with E-state index < -0.39 is 70.6 Å². The predicted octanol–water partition coefficient (Wildman–Crippen LogP) is 3.28. The van der Waals surface area contributed by atoms with Crippen molar-refractivity contribution in [2.75, 3.05) is 37.0 Å². The average molecular weight is 867 g/mol. The molecule has 0 radical (unpaired) electrons. The molecule has 5 aromatic rings. The molecule has 3 aliphatic heterocycles. The second-order valence-corrected chi connectivity index (χ2v) is 17.1. The molecule has 3 saturated heterocycles. The van der Waals surface area contributed by atoms with E-state index in [9.17, 15) is 23.8 Å². The highest BCUT2D eigenvalue weighted by Crippen LogP contribution is 2.51. The number of benzene rings is 1. The van der Waals surface area contributed by atoms with Crippen LogP contribution in [0.25, 0.3) is 27.2 Å². The number of carbonyl (C=O) groups is 2. The lowest BCUT2D eigenvalue weighted by molar-refractivity contribution is -0.118. The molecule has 5 N–H and O–H groups in total. The van der Waals surface area contributed by atoms with E-state index in [4.69, 9.17) is 34.1 Å². The number of nitrogens with one attached hydrogen (secondary N) is 4. The number of rotatable bonds is 9. The molecule has 4 aromatic heterocycles. The van der Waals surface area contributed by atoms with Gasteiger partial charge in [0.05, 0.1) is 44.1 Å². The van der Waals surface area contributed by atoms with Gasteiger partial charge in [-0.15, -0.1) is 0 Å².